The Balaban J connectivity index is 1.87. The number of hydrogen-bond acceptors (Lipinski definition) is 2. The van der Waals surface area contributed by atoms with E-state index in [1.54, 1.807) is 18.2 Å². The van der Waals surface area contributed by atoms with Crippen molar-refractivity contribution in [2.24, 2.45) is 5.73 Å². The van der Waals surface area contributed by atoms with E-state index in [-0.39, 0.29) is 12.3 Å². The summed E-state index contributed by atoms with van der Waals surface area (Å²) < 4.78 is 14.0. The van der Waals surface area contributed by atoms with Gasteiger partial charge in [0.15, 0.2) is 0 Å². The van der Waals surface area contributed by atoms with E-state index in [0.29, 0.717) is 5.56 Å². The highest BCUT2D eigenvalue weighted by atomic mass is 19.1. The van der Waals surface area contributed by atoms with Crippen molar-refractivity contribution in [1.82, 2.24) is 5.32 Å². The highest BCUT2D eigenvalue weighted by Crippen LogP contribution is 2.25. The minimum Gasteiger partial charge on any atom is -0.368 e. The van der Waals surface area contributed by atoms with Crippen LogP contribution in [0.2, 0.25) is 0 Å². The molecule has 0 aliphatic carbocycles. The van der Waals surface area contributed by atoms with Crippen LogP contribution in [-0.2, 0) is 16.0 Å². The first kappa shape index (κ1) is 19.3. The smallest absolute Gasteiger partial charge is 0.240 e. The topological polar surface area (TPSA) is 72.2 Å². The third kappa shape index (κ3) is 4.62. The Morgan fingerprint density at radius 3 is 1.82 bits per heavy atom. The number of carbonyl (C=O) groups excluding carboxylic acids is 2. The van der Waals surface area contributed by atoms with Crippen molar-refractivity contribution < 1.29 is 14.0 Å². The van der Waals surface area contributed by atoms with Crippen LogP contribution in [-0.4, -0.2) is 17.9 Å². The number of nitrogens with one attached hydrogen (secondary N) is 1. The summed E-state index contributed by atoms with van der Waals surface area (Å²) in [4.78, 5) is 25.1. The number of nitrogens with two attached hydrogens (primary N) is 1. The monoisotopic (exact) mass is 376 g/mol. The van der Waals surface area contributed by atoms with E-state index in [1.165, 1.54) is 6.07 Å². The van der Waals surface area contributed by atoms with Crippen molar-refractivity contribution in [3.63, 3.8) is 0 Å². The molecule has 0 fully saturated rings. The molecule has 0 aliphatic rings. The number of hydrogen-bond donors (Lipinski definition) is 2. The van der Waals surface area contributed by atoms with Gasteiger partial charge >= 0.3 is 0 Å². The summed E-state index contributed by atoms with van der Waals surface area (Å²) in [5.41, 5.74) is 7.39. The average Bonchev–Trinajstić information content (AvgIpc) is 2.71. The molecule has 3 N–H and O–H groups in total. The number of halogens is 1. The summed E-state index contributed by atoms with van der Waals surface area (Å²) in [6, 6.07) is 23.7. The number of rotatable bonds is 7. The molecule has 0 saturated heterocycles. The van der Waals surface area contributed by atoms with Crippen molar-refractivity contribution in [3.05, 3.63) is 107 Å². The molecule has 0 heterocycles. The molecule has 3 aromatic rings. The summed E-state index contributed by atoms with van der Waals surface area (Å²) in [5.74, 6) is -2.12. The summed E-state index contributed by atoms with van der Waals surface area (Å²) >= 11 is 0. The molecule has 0 aromatic heterocycles. The summed E-state index contributed by atoms with van der Waals surface area (Å²) in [6.07, 6.45) is -0.00987. The van der Waals surface area contributed by atoms with Crippen LogP contribution in [0.4, 0.5) is 4.39 Å². The standard InChI is InChI=1S/C23H21FN2O2/c24-19-14-8-7-13-18(19)15-20(22(25)27)26-23(28)21(16-9-3-1-4-10-16)17-11-5-2-6-12-17/h1-14,20-21H,15H2,(H2,25,27)(H,26,28)/t20-/m1/s1. The van der Waals surface area contributed by atoms with Gasteiger partial charge < -0.3 is 11.1 Å². The Morgan fingerprint density at radius 2 is 1.32 bits per heavy atom. The van der Waals surface area contributed by atoms with Crippen molar-refractivity contribution in [2.45, 2.75) is 18.4 Å². The van der Waals surface area contributed by atoms with Gasteiger partial charge in [0.25, 0.3) is 0 Å². The fraction of sp³-hybridized carbons (Fsp3) is 0.130. The first-order valence-corrected chi connectivity index (χ1v) is 8.99. The van der Waals surface area contributed by atoms with Crippen molar-refractivity contribution >= 4 is 11.8 Å². The van der Waals surface area contributed by atoms with Gasteiger partial charge in [0.1, 0.15) is 11.9 Å². The first-order valence-electron chi connectivity index (χ1n) is 8.99. The molecular formula is C23H21FN2O2. The summed E-state index contributed by atoms with van der Waals surface area (Å²) in [6.45, 7) is 0. The van der Waals surface area contributed by atoms with E-state index in [2.05, 4.69) is 5.32 Å². The highest BCUT2D eigenvalue weighted by molar-refractivity contribution is 5.92. The number of amides is 2. The van der Waals surface area contributed by atoms with Gasteiger partial charge in [0, 0.05) is 6.42 Å². The van der Waals surface area contributed by atoms with Gasteiger partial charge in [-0.1, -0.05) is 78.9 Å². The highest BCUT2D eigenvalue weighted by Gasteiger charge is 2.27. The Morgan fingerprint density at radius 1 is 0.821 bits per heavy atom. The van der Waals surface area contributed by atoms with E-state index in [0.717, 1.165) is 11.1 Å². The molecule has 3 rings (SSSR count). The zero-order valence-electron chi connectivity index (χ0n) is 15.2. The van der Waals surface area contributed by atoms with Gasteiger partial charge in [-0.05, 0) is 22.8 Å². The van der Waals surface area contributed by atoms with Gasteiger partial charge in [0.2, 0.25) is 11.8 Å². The van der Waals surface area contributed by atoms with Crippen LogP contribution in [0, 0.1) is 5.82 Å². The van der Waals surface area contributed by atoms with E-state index < -0.39 is 23.7 Å². The molecule has 3 aromatic carbocycles. The van der Waals surface area contributed by atoms with Crippen LogP contribution in [0.3, 0.4) is 0 Å². The zero-order valence-corrected chi connectivity index (χ0v) is 15.2. The lowest BCUT2D eigenvalue weighted by Gasteiger charge is -2.22. The second kappa shape index (κ2) is 8.95. The molecule has 1 atom stereocenters. The van der Waals surface area contributed by atoms with Crippen molar-refractivity contribution in [3.8, 4) is 0 Å². The SMILES string of the molecule is NC(=O)[C@@H](Cc1ccccc1F)NC(=O)C(c1ccccc1)c1ccccc1. The van der Waals surface area contributed by atoms with Crippen LogP contribution in [0.1, 0.15) is 22.6 Å². The lowest BCUT2D eigenvalue weighted by Crippen LogP contribution is -2.47. The molecule has 4 nitrogen and oxygen atoms in total. The molecule has 5 heteroatoms. The third-order valence-electron chi connectivity index (χ3n) is 4.57. The molecule has 2 amide bonds. The predicted octanol–water partition coefficient (Wildman–Crippen LogP) is 3.17. The zero-order chi connectivity index (χ0) is 19.9. The average molecular weight is 376 g/mol. The third-order valence-corrected chi connectivity index (χ3v) is 4.57. The second-order valence-corrected chi connectivity index (χ2v) is 6.51. The van der Waals surface area contributed by atoms with E-state index in [9.17, 15) is 14.0 Å². The van der Waals surface area contributed by atoms with E-state index >= 15 is 0 Å². The van der Waals surface area contributed by atoms with Gasteiger partial charge in [-0.15, -0.1) is 0 Å². The van der Waals surface area contributed by atoms with Crippen molar-refractivity contribution in [1.29, 1.82) is 0 Å². The maximum Gasteiger partial charge on any atom is 0.240 e. The van der Waals surface area contributed by atoms with E-state index in [4.69, 9.17) is 5.73 Å². The summed E-state index contributed by atoms with van der Waals surface area (Å²) in [5, 5.41) is 2.71. The Kier molecular flexibility index (Phi) is 6.17. The normalized spacial score (nSPS) is 11.8. The van der Waals surface area contributed by atoms with Gasteiger partial charge in [-0.2, -0.15) is 0 Å². The largest absolute Gasteiger partial charge is 0.368 e. The van der Waals surface area contributed by atoms with Gasteiger partial charge in [0.05, 0.1) is 5.92 Å². The number of primary amides is 1. The lowest BCUT2D eigenvalue weighted by atomic mass is 9.90. The van der Waals surface area contributed by atoms with Crippen molar-refractivity contribution in [2.75, 3.05) is 0 Å². The fourth-order valence-corrected chi connectivity index (χ4v) is 3.15. The maximum absolute atomic E-state index is 14.0. The molecule has 142 valence electrons. The van der Waals surface area contributed by atoms with Gasteiger partial charge in [-0.25, -0.2) is 4.39 Å². The number of benzene rings is 3. The van der Waals surface area contributed by atoms with E-state index in [1.807, 2.05) is 60.7 Å². The Bertz CT molecular complexity index is 906. The fourth-order valence-electron chi connectivity index (χ4n) is 3.15. The molecule has 0 aliphatic heterocycles. The molecule has 0 unspecified atom stereocenters. The first-order chi connectivity index (χ1) is 13.6. The second-order valence-electron chi connectivity index (χ2n) is 6.51. The Hall–Kier alpha value is -3.47. The Labute approximate surface area is 163 Å². The van der Waals surface area contributed by atoms with Gasteiger partial charge in [-0.3, -0.25) is 9.59 Å². The molecule has 0 spiro atoms. The molecule has 0 saturated carbocycles. The van der Waals surface area contributed by atoms with Crippen LogP contribution in [0.25, 0.3) is 0 Å². The maximum atomic E-state index is 14.0. The molecule has 28 heavy (non-hydrogen) atoms. The van der Waals surface area contributed by atoms with Crippen LogP contribution >= 0.6 is 0 Å². The molecular weight excluding hydrogens is 355 g/mol. The number of carbonyl (C=O) groups is 2. The quantitative estimate of drug-likeness (QED) is 0.665. The minimum atomic E-state index is -1.01. The minimum absolute atomic E-state index is 0.00987. The van der Waals surface area contributed by atoms with Crippen LogP contribution < -0.4 is 11.1 Å². The predicted molar refractivity (Wildman–Crippen MR) is 106 cm³/mol. The van der Waals surface area contributed by atoms with Crippen LogP contribution in [0.15, 0.2) is 84.9 Å². The molecule has 0 bridgehead atoms. The summed E-state index contributed by atoms with van der Waals surface area (Å²) in [7, 11) is 0. The lowest BCUT2D eigenvalue weighted by molar-refractivity contribution is -0.127. The molecule has 0 radical (unpaired) electrons. The van der Waals surface area contributed by atoms with Crippen LogP contribution in [0.5, 0.6) is 0 Å².